The maximum atomic E-state index is 12.9. The van der Waals surface area contributed by atoms with Crippen LogP contribution in [-0.2, 0) is 0 Å². The maximum Gasteiger partial charge on any atom is 0.407 e. The zero-order valence-electron chi connectivity index (χ0n) is 23.4. The largest absolute Gasteiger partial charge is 0.507 e. The summed E-state index contributed by atoms with van der Waals surface area (Å²) in [6, 6.07) is 10.1. The lowest BCUT2D eigenvalue weighted by molar-refractivity contribution is 0.0634. The lowest BCUT2D eigenvalue weighted by atomic mass is 9.78. The zero-order valence-corrected chi connectivity index (χ0v) is 25.8. The predicted octanol–water partition coefficient (Wildman–Crippen LogP) is 5.03. The van der Waals surface area contributed by atoms with Crippen LogP contribution in [0.1, 0.15) is 54.2 Å². The number of nitrogens with one attached hydrogen (secondary N) is 1. The first-order chi connectivity index (χ1) is 19.2. The van der Waals surface area contributed by atoms with Crippen LogP contribution in [0, 0.1) is 0 Å². The Morgan fingerprint density at radius 2 is 1.95 bits per heavy atom. The number of carboxylic acid groups (broad SMARTS) is 1. The van der Waals surface area contributed by atoms with E-state index in [9.17, 15) is 24.9 Å². The molecular formula is C30H38Cl3N3O6. The quantitative estimate of drug-likeness (QED) is 0.283. The molecule has 4 N–H and O–H groups in total. The molecule has 12 heteroatoms. The van der Waals surface area contributed by atoms with Crippen LogP contribution in [-0.4, -0.2) is 83.1 Å². The van der Waals surface area contributed by atoms with Crippen LogP contribution < -0.4 is 10.7 Å². The van der Waals surface area contributed by atoms with Gasteiger partial charge >= 0.3 is 6.09 Å². The number of halogens is 3. The van der Waals surface area contributed by atoms with Gasteiger partial charge in [0.2, 0.25) is 0 Å². The summed E-state index contributed by atoms with van der Waals surface area (Å²) in [5.41, 5.74) is 1.71. The molecule has 2 fully saturated rings. The van der Waals surface area contributed by atoms with Gasteiger partial charge in [-0.25, -0.2) is 4.79 Å². The van der Waals surface area contributed by atoms with Crippen LogP contribution in [0.2, 0.25) is 5.02 Å². The summed E-state index contributed by atoms with van der Waals surface area (Å²) in [7, 11) is 1.94. The van der Waals surface area contributed by atoms with E-state index in [1.165, 1.54) is 23.3 Å². The number of benzene rings is 2. The number of aliphatic hydroxyl groups is 1. The van der Waals surface area contributed by atoms with Gasteiger partial charge in [-0.2, -0.15) is 0 Å². The van der Waals surface area contributed by atoms with Crippen LogP contribution in [0.15, 0.2) is 51.9 Å². The summed E-state index contributed by atoms with van der Waals surface area (Å²) in [4.78, 5) is 28.9. The van der Waals surface area contributed by atoms with E-state index in [0.29, 0.717) is 47.8 Å². The molecule has 0 radical (unpaired) electrons. The van der Waals surface area contributed by atoms with Crippen molar-refractivity contribution < 1.29 is 24.5 Å². The number of phenolic OH excluding ortho intramolecular Hbond substituents is 1. The molecule has 2 aliphatic rings. The summed E-state index contributed by atoms with van der Waals surface area (Å²) in [6.45, 7) is 2.36. The fourth-order valence-electron chi connectivity index (χ4n) is 6.30. The van der Waals surface area contributed by atoms with Crippen molar-refractivity contribution in [2.75, 3.05) is 39.8 Å². The second kappa shape index (κ2) is 14.8. The number of phenols is 1. The van der Waals surface area contributed by atoms with E-state index >= 15 is 0 Å². The number of rotatable bonds is 7. The van der Waals surface area contributed by atoms with Crippen LogP contribution >= 0.6 is 36.4 Å². The highest BCUT2D eigenvalue weighted by molar-refractivity contribution is 6.31. The van der Waals surface area contributed by atoms with Crippen LogP contribution in [0.4, 0.5) is 4.79 Å². The number of aromatic hydroxyl groups is 1. The van der Waals surface area contributed by atoms with E-state index in [-0.39, 0.29) is 54.1 Å². The Hall–Kier alpha value is -2.53. The molecule has 0 spiro atoms. The molecule has 2 saturated heterocycles. The molecule has 2 aromatic carbocycles. The highest BCUT2D eigenvalue weighted by Gasteiger charge is 2.36. The second-order valence-electron chi connectivity index (χ2n) is 11.0. The molecule has 1 amide bonds. The third-order valence-corrected chi connectivity index (χ3v) is 8.67. The van der Waals surface area contributed by atoms with E-state index in [0.717, 1.165) is 25.8 Å². The first-order valence-corrected chi connectivity index (χ1v) is 14.2. The molecule has 0 aliphatic carbocycles. The van der Waals surface area contributed by atoms with Gasteiger partial charge in [-0.05, 0) is 62.7 Å². The molecule has 3 aromatic rings. The number of likely N-dealkylation sites (N-methyl/N-ethyl adjacent to an activating group) is 1. The van der Waals surface area contributed by atoms with Gasteiger partial charge in [-0.15, -0.1) is 24.8 Å². The number of carbonyl (C=O) groups is 1. The van der Waals surface area contributed by atoms with E-state index in [1.54, 1.807) is 6.07 Å². The number of aliphatic hydroxyl groups excluding tert-OH is 1. The molecule has 2 aliphatic heterocycles. The fraction of sp³-hybridized carbons (Fsp3) is 0.467. The average molecular weight is 643 g/mol. The topological polar surface area (TPSA) is 126 Å². The predicted molar refractivity (Wildman–Crippen MR) is 168 cm³/mol. The van der Waals surface area contributed by atoms with Gasteiger partial charge in [-0.1, -0.05) is 36.2 Å². The number of fused-ring (bicyclic) bond motifs is 1. The average Bonchev–Trinajstić information content (AvgIpc) is 2.92. The number of piperidine rings is 2. The monoisotopic (exact) mass is 641 g/mol. The summed E-state index contributed by atoms with van der Waals surface area (Å²) in [5, 5.41) is 36.6. The van der Waals surface area contributed by atoms with Crippen molar-refractivity contribution in [2.24, 2.45) is 0 Å². The number of hydrogen-bond acceptors (Lipinski definition) is 7. The number of nitrogens with zero attached hydrogens (tertiary/aromatic N) is 2. The van der Waals surface area contributed by atoms with Crippen molar-refractivity contribution in [1.82, 2.24) is 15.1 Å². The number of hydrogen-bond donors (Lipinski definition) is 4. The Bertz CT molecular complexity index is 1430. The van der Waals surface area contributed by atoms with Gasteiger partial charge < -0.3 is 34.9 Å². The Kier molecular flexibility index (Phi) is 11.9. The van der Waals surface area contributed by atoms with Crippen molar-refractivity contribution in [2.45, 2.75) is 49.7 Å². The van der Waals surface area contributed by atoms with Crippen LogP contribution in [0.3, 0.4) is 0 Å². The van der Waals surface area contributed by atoms with Crippen LogP contribution in [0.25, 0.3) is 11.0 Å². The van der Waals surface area contributed by atoms with Gasteiger partial charge in [0.15, 0.2) is 5.43 Å². The third kappa shape index (κ3) is 7.15. The highest BCUT2D eigenvalue weighted by Crippen LogP contribution is 2.44. The van der Waals surface area contributed by atoms with Crippen molar-refractivity contribution in [3.05, 3.63) is 74.6 Å². The molecule has 4 atom stereocenters. The summed E-state index contributed by atoms with van der Waals surface area (Å²) in [5.74, 6) is -1.25. The first kappa shape index (κ1) is 34.0. The zero-order chi connectivity index (χ0) is 28.4. The van der Waals surface area contributed by atoms with Gasteiger partial charge in [0.25, 0.3) is 0 Å². The summed E-state index contributed by atoms with van der Waals surface area (Å²) in [6.07, 6.45) is 3.06. The molecule has 0 saturated carbocycles. The highest BCUT2D eigenvalue weighted by atomic mass is 35.5. The molecule has 2 unspecified atom stereocenters. The van der Waals surface area contributed by atoms with Gasteiger partial charge in [0.1, 0.15) is 16.7 Å². The lowest BCUT2D eigenvalue weighted by Crippen LogP contribution is -2.46. The minimum atomic E-state index is -1.05. The molecule has 0 bridgehead atoms. The molecule has 9 nitrogen and oxygen atoms in total. The van der Waals surface area contributed by atoms with Crippen molar-refractivity contribution in [3.63, 3.8) is 0 Å². The SMILES string of the molecule is CN1CC[C@H](c2c(C(CN(CC3CCCCN3)C(=O)O)c3ccccc3Cl)cc(O)c3c(=O)ccoc23)[C@H](O)C1.Cl.Cl. The first-order valence-electron chi connectivity index (χ1n) is 13.8. The summed E-state index contributed by atoms with van der Waals surface area (Å²) >= 11 is 6.72. The molecule has 3 heterocycles. The van der Waals surface area contributed by atoms with Gasteiger partial charge in [0.05, 0.1) is 12.4 Å². The Morgan fingerprint density at radius 3 is 2.62 bits per heavy atom. The third-order valence-electron chi connectivity index (χ3n) is 8.32. The molecule has 5 rings (SSSR count). The van der Waals surface area contributed by atoms with E-state index < -0.39 is 29.5 Å². The number of β-amino-alcohol motifs (C(OH)–C–C–N with tert-alkyl or cyclic N) is 1. The van der Waals surface area contributed by atoms with Gasteiger partial charge in [-0.3, -0.25) is 4.79 Å². The lowest BCUT2D eigenvalue weighted by Gasteiger charge is -2.37. The Labute approximate surface area is 262 Å². The minimum absolute atomic E-state index is 0. The van der Waals surface area contributed by atoms with Crippen molar-refractivity contribution in [3.8, 4) is 5.75 Å². The van der Waals surface area contributed by atoms with Crippen LogP contribution in [0.5, 0.6) is 5.75 Å². The van der Waals surface area contributed by atoms with Gasteiger partial charge in [0, 0.05) is 54.2 Å². The van der Waals surface area contributed by atoms with Crippen molar-refractivity contribution in [1.29, 1.82) is 0 Å². The number of likely N-dealkylation sites (tertiary alicyclic amines) is 1. The Morgan fingerprint density at radius 1 is 1.19 bits per heavy atom. The van der Waals surface area contributed by atoms with Crippen molar-refractivity contribution >= 4 is 53.5 Å². The number of amides is 1. The fourth-order valence-corrected chi connectivity index (χ4v) is 6.57. The smallest absolute Gasteiger partial charge is 0.407 e. The molecule has 42 heavy (non-hydrogen) atoms. The van der Waals surface area contributed by atoms with E-state index in [4.69, 9.17) is 16.0 Å². The normalized spacial score (nSPS) is 21.6. The molecular weight excluding hydrogens is 605 g/mol. The Balaban J connectivity index is 0.00000242. The maximum absolute atomic E-state index is 12.9. The summed E-state index contributed by atoms with van der Waals surface area (Å²) < 4.78 is 5.91. The minimum Gasteiger partial charge on any atom is -0.507 e. The molecule has 1 aromatic heterocycles. The van der Waals surface area contributed by atoms with E-state index in [2.05, 4.69) is 5.32 Å². The second-order valence-corrected chi connectivity index (χ2v) is 11.4. The standard InChI is InChI=1S/C30H36ClN3O6.2ClH/c1-33-12-9-20(26(37)17-33)27-21(14-25(36)28-24(35)10-13-40-29(27)28)22(19-7-2-3-8-23(19)31)16-34(30(38)39)15-18-6-4-5-11-32-18;;/h2-3,7-8,10,13-14,18,20,22,26,32,36-37H,4-6,9,11-12,15-17H2,1H3,(H,38,39);2*1H/t18?,20-,22?,26+;;/m0../s1. The molecule has 230 valence electrons. The van der Waals surface area contributed by atoms with E-state index in [1.807, 2.05) is 30.1 Å².